The van der Waals surface area contributed by atoms with Gasteiger partial charge in [-0.1, -0.05) is 11.6 Å². The Hall–Kier alpha value is -1.55. The largest absolute Gasteiger partial charge is 0.496 e. The molecule has 1 aliphatic heterocycles. The highest BCUT2D eigenvalue weighted by Gasteiger charge is 2.25. The molecule has 0 spiro atoms. The molecule has 1 atom stereocenters. The van der Waals surface area contributed by atoms with Gasteiger partial charge >= 0.3 is 0 Å². The molecule has 0 aliphatic carbocycles. The number of ether oxygens (including phenoxy) is 1. The van der Waals surface area contributed by atoms with Gasteiger partial charge in [-0.25, -0.2) is 0 Å². The van der Waals surface area contributed by atoms with Crippen LogP contribution >= 0.6 is 0 Å². The van der Waals surface area contributed by atoms with Crippen LogP contribution in [0.5, 0.6) is 5.75 Å². The topological polar surface area (TPSA) is 41.6 Å². The van der Waals surface area contributed by atoms with Gasteiger partial charge < -0.3 is 15.0 Å². The van der Waals surface area contributed by atoms with Crippen molar-refractivity contribution in [1.29, 1.82) is 0 Å². The summed E-state index contributed by atoms with van der Waals surface area (Å²) in [4.78, 5) is 14.5. The summed E-state index contributed by atoms with van der Waals surface area (Å²) in [7, 11) is 3.56. The van der Waals surface area contributed by atoms with E-state index >= 15 is 0 Å². The Morgan fingerprint density at radius 2 is 2.26 bits per heavy atom. The molecule has 1 N–H and O–H groups in total. The van der Waals surface area contributed by atoms with E-state index < -0.39 is 0 Å². The standard InChI is InChI=1S/C15H22N2O2/c1-11-6-7-14(19-3)13(9-11)15(18)17-8-4-5-12(10-17)16-2/h6-7,9,12,16H,4-5,8,10H2,1-3H3. The molecular weight excluding hydrogens is 240 g/mol. The van der Waals surface area contributed by atoms with Gasteiger partial charge in [-0.15, -0.1) is 0 Å². The first-order valence-corrected chi connectivity index (χ1v) is 6.77. The normalized spacial score (nSPS) is 19.3. The van der Waals surface area contributed by atoms with Crippen molar-refractivity contribution in [3.63, 3.8) is 0 Å². The second-order valence-electron chi connectivity index (χ2n) is 5.08. The number of benzene rings is 1. The summed E-state index contributed by atoms with van der Waals surface area (Å²) < 4.78 is 5.30. The van der Waals surface area contributed by atoms with Crippen LogP contribution in [0.4, 0.5) is 0 Å². The van der Waals surface area contributed by atoms with E-state index in [0.29, 0.717) is 17.4 Å². The Kier molecular flexibility index (Phi) is 4.43. The lowest BCUT2D eigenvalue weighted by atomic mass is 10.0. The third-order valence-electron chi connectivity index (χ3n) is 3.70. The van der Waals surface area contributed by atoms with E-state index in [4.69, 9.17) is 4.74 Å². The number of rotatable bonds is 3. The fourth-order valence-corrected chi connectivity index (χ4v) is 2.56. The van der Waals surface area contributed by atoms with Gasteiger partial charge in [-0.2, -0.15) is 0 Å². The lowest BCUT2D eigenvalue weighted by Crippen LogP contribution is -2.47. The summed E-state index contributed by atoms with van der Waals surface area (Å²) in [5.74, 6) is 0.725. The first kappa shape index (κ1) is 13.9. The second-order valence-corrected chi connectivity index (χ2v) is 5.08. The molecule has 2 rings (SSSR count). The second kappa shape index (κ2) is 6.06. The number of nitrogens with zero attached hydrogens (tertiary/aromatic N) is 1. The van der Waals surface area contributed by atoms with Crippen LogP contribution in [0.15, 0.2) is 18.2 Å². The van der Waals surface area contributed by atoms with Crippen molar-refractivity contribution in [2.45, 2.75) is 25.8 Å². The molecule has 1 aromatic carbocycles. The molecule has 0 aromatic heterocycles. The van der Waals surface area contributed by atoms with E-state index in [1.807, 2.05) is 37.1 Å². The van der Waals surface area contributed by atoms with Crippen LogP contribution in [0.25, 0.3) is 0 Å². The average Bonchev–Trinajstić information content (AvgIpc) is 2.46. The zero-order chi connectivity index (χ0) is 13.8. The quantitative estimate of drug-likeness (QED) is 0.903. The van der Waals surface area contributed by atoms with E-state index in [0.717, 1.165) is 31.5 Å². The molecule has 1 aromatic rings. The summed E-state index contributed by atoms with van der Waals surface area (Å²) in [6.07, 6.45) is 2.18. The minimum Gasteiger partial charge on any atom is -0.496 e. The number of hydrogen-bond acceptors (Lipinski definition) is 3. The fraction of sp³-hybridized carbons (Fsp3) is 0.533. The highest BCUT2D eigenvalue weighted by molar-refractivity contribution is 5.97. The fourth-order valence-electron chi connectivity index (χ4n) is 2.56. The molecule has 0 bridgehead atoms. The van der Waals surface area contributed by atoms with Gasteiger partial charge in [0.2, 0.25) is 0 Å². The van der Waals surface area contributed by atoms with Crippen LogP contribution in [0.1, 0.15) is 28.8 Å². The molecule has 4 heteroatoms. The lowest BCUT2D eigenvalue weighted by Gasteiger charge is -2.33. The van der Waals surface area contributed by atoms with Crippen LogP contribution in [0, 0.1) is 6.92 Å². The van der Waals surface area contributed by atoms with Gasteiger partial charge in [0, 0.05) is 19.1 Å². The Bertz CT molecular complexity index is 459. The molecule has 4 nitrogen and oxygen atoms in total. The van der Waals surface area contributed by atoms with Crippen LogP contribution in [-0.2, 0) is 0 Å². The number of nitrogens with one attached hydrogen (secondary N) is 1. The number of carbonyl (C=O) groups excluding carboxylic acids is 1. The summed E-state index contributed by atoms with van der Waals surface area (Å²) in [5.41, 5.74) is 1.74. The first-order chi connectivity index (χ1) is 9.15. The Balaban J connectivity index is 2.21. The number of methoxy groups -OCH3 is 1. The molecular formula is C15H22N2O2. The van der Waals surface area contributed by atoms with E-state index in [9.17, 15) is 4.79 Å². The Morgan fingerprint density at radius 1 is 1.47 bits per heavy atom. The van der Waals surface area contributed by atoms with Gasteiger partial charge in [0.15, 0.2) is 0 Å². The van der Waals surface area contributed by atoms with Crippen LogP contribution < -0.4 is 10.1 Å². The van der Waals surface area contributed by atoms with E-state index in [1.54, 1.807) is 7.11 Å². The highest BCUT2D eigenvalue weighted by atomic mass is 16.5. The monoisotopic (exact) mass is 262 g/mol. The van der Waals surface area contributed by atoms with Crippen LogP contribution in [-0.4, -0.2) is 44.1 Å². The van der Waals surface area contributed by atoms with Crippen LogP contribution in [0.3, 0.4) is 0 Å². The lowest BCUT2D eigenvalue weighted by molar-refractivity contribution is 0.0694. The van der Waals surface area contributed by atoms with Gasteiger partial charge in [0.25, 0.3) is 5.91 Å². The van der Waals surface area contributed by atoms with Crippen molar-refractivity contribution in [1.82, 2.24) is 10.2 Å². The summed E-state index contributed by atoms with van der Waals surface area (Å²) in [6, 6.07) is 6.13. The number of likely N-dealkylation sites (tertiary alicyclic amines) is 1. The minimum atomic E-state index is 0.0699. The van der Waals surface area contributed by atoms with Crippen molar-refractivity contribution in [3.05, 3.63) is 29.3 Å². The number of likely N-dealkylation sites (N-methyl/N-ethyl adjacent to an activating group) is 1. The maximum atomic E-state index is 12.6. The molecule has 19 heavy (non-hydrogen) atoms. The van der Waals surface area contributed by atoms with E-state index in [1.165, 1.54) is 0 Å². The minimum absolute atomic E-state index is 0.0699. The number of aryl methyl sites for hydroxylation is 1. The zero-order valence-electron chi connectivity index (χ0n) is 11.9. The van der Waals surface area contributed by atoms with Crippen molar-refractivity contribution < 1.29 is 9.53 Å². The van der Waals surface area contributed by atoms with Crippen molar-refractivity contribution in [3.8, 4) is 5.75 Å². The Labute approximate surface area is 114 Å². The smallest absolute Gasteiger partial charge is 0.257 e. The van der Waals surface area contributed by atoms with Crippen molar-refractivity contribution in [2.24, 2.45) is 0 Å². The third-order valence-corrected chi connectivity index (χ3v) is 3.70. The predicted octanol–water partition coefficient (Wildman–Crippen LogP) is 1.83. The number of amides is 1. The maximum Gasteiger partial charge on any atom is 0.257 e. The molecule has 1 aliphatic rings. The molecule has 0 radical (unpaired) electrons. The zero-order valence-corrected chi connectivity index (χ0v) is 11.9. The summed E-state index contributed by atoms with van der Waals surface area (Å²) in [5, 5.41) is 3.26. The van der Waals surface area contributed by atoms with E-state index in [2.05, 4.69) is 5.32 Å². The molecule has 0 saturated carbocycles. The summed E-state index contributed by atoms with van der Waals surface area (Å²) >= 11 is 0. The third kappa shape index (κ3) is 3.07. The molecule has 1 unspecified atom stereocenters. The molecule has 104 valence electrons. The molecule has 1 fully saturated rings. The number of hydrogen-bond donors (Lipinski definition) is 1. The molecule has 1 heterocycles. The van der Waals surface area contributed by atoms with Gasteiger partial charge in [-0.05, 0) is 38.9 Å². The number of carbonyl (C=O) groups is 1. The predicted molar refractivity (Wildman–Crippen MR) is 75.7 cm³/mol. The molecule has 1 amide bonds. The Morgan fingerprint density at radius 3 is 2.95 bits per heavy atom. The first-order valence-electron chi connectivity index (χ1n) is 6.77. The summed E-state index contributed by atoms with van der Waals surface area (Å²) in [6.45, 7) is 3.59. The SMILES string of the molecule is CNC1CCCN(C(=O)c2cc(C)ccc2OC)C1. The maximum absolute atomic E-state index is 12.6. The van der Waals surface area contributed by atoms with Crippen molar-refractivity contribution in [2.75, 3.05) is 27.2 Å². The van der Waals surface area contributed by atoms with Gasteiger partial charge in [0.05, 0.1) is 12.7 Å². The highest BCUT2D eigenvalue weighted by Crippen LogP contribution is 2.23. The van der Waals surface area contributed by atoms with Crippen molar-refractivity contribution >= 4 is 5.91 Å². The average molecular weight is 262 g/mol. The van der Waals surface area contributed by atoms with Gasteiger partial charge in [-0.3, -0.25) is 4.79 Å². The van der Waals surface area contributed by atoms with Gasteiger partial charge in [0.1, 0.15) is 5.75 Å². The number of piperidine rings is 1. The molecule has 1 saturated heterocycles. The van der Waals surface area contributed by atoms with Crippen LogP contribution in [0.2, 0.25) is 0 Å². The van der Waals surface area contributed by atoms with E-state index in [-0.39, 0.29) is 5.91 Å².